The number of nitrogens with one attached hydrogen (secondary N) is 1. The fourth-order valence-electron chi connectivity index (χ4n) is 5.36. The number of hydrogen-bond donors (Lipinski definition) is 3. The van der Waals surface area contributed by atoms with Gasteiger partial charge < -0.3 is 21.1 Å². The Labute approximate surface area is 256 Å². The largest absolute Gasteiger partial charge is 0.496 e. The number of halogens is 2. The maximum Gasteiger partial charge on any atom is 0.146 e. The average molecular weight is 606 g/mol. The number of methoxy groups -OCH3 is 1. The molecular weight excluding hydrogens is 571 g/mol. The average Bonchev–Trinajstić information content (AvgIpc) is 2.95. The number of nitrogens with zero attached hydrogens (tertiary/aromatic N) is 5. The number of aromatic nitrogens is 2. The van der Waals surface area contributed by atoms with Crippen LogP contribution in [0.5, 0.6) is 5.75 Å². The number of benzene rings is 1. The molecule has 0 amide bonds. The lowest BCUT2D eigenvalue weighted by atomic mass is 9.85. The maximum absolute atomic E-state index is 9.95. The SMILES string of the molecule is C/C=C\C(CC1(N)CN(c2ncc(C(=N)c3cc(C[C@H](C)c4c(Cl)cncc4Cl)c(OC)cc3N)cc2C#N)C1)=NC. The second kappa shape index (κ2) is 12.9. The molecule has 0 aliphatic carbocycles. The zero-order chi connectivity index (χ0) is 30.6. The molecule has 1 fully saturated rings. The van der Waals surface area contributed by atoms with Crippen molar-refractivity contribution >= 4 is 46.1 Å². The number of ether oxygens (including phenoxy) is 1. The van der Waals surface area contributed by atoms with Gasteiger partial charge in [-0.1, -0.05) is 36.2 Å². The highest BCUT2D eigenvalue weighted by Gasteiger charge is 2.41. The summed E-state index contributed by atoms with van der Waals surface area (Å²) in [4.78, 5) is 14.9. The Balaban J connectivity index is 1.58. The second-order valence-electron chi connectivity index (χ2n) is 10.6. The third-order valence-corrected chi connectivity index (χ3v) is 8.00. The lowest BCUT2D eigenvalue weighted by molar-refractivity contribution is 0.342. The first-order valence-corrected chi connectivity index (χ1v) is 14.2. The molecule has 9 nitrogen and oxygen atoms in total. The van der Waals surface area contributed by atoms with Crippen molar-refractivity contribution in [1.82, 2.24) is 9.97 Å². The van der Waals surface area contributed by atoms with Crippen LogP contribution in [-0.4, -0.2) is 54.2 Å². The number of hydrogen-bond acceptors (Lipinski definition) is 9. The minimum absolute atomic E-state index is 0.0671. The van der Waals surface area contributed by atoms with Gasteiger partial charge in [-0.25, -0.2) is 4.98 Å². The topological polar surface area (TPSA) is 150 Å². The van der Waals surface area contributed by atoms with Crippen LogP contribution in [0.25, 0.3) is 0 Å². The Bertz CT molecular complexity index is 1580. The van der Waals surface area contributed by atoms with Gasteiger partial charge in [0.05, 0.1) is 34.0 Å². The van der Waals surface area contributed by atoms with Gasteiger partial charge in [0.2, 0.25) is 0 Å². The van der Waals surface area contributed by atoms with E-state index >= 15 is 0 Å². The third-order valence-electron chi connectivity index (χ3n) is 7.40. The number of anilines is 2. The molecule has 1 aliphatic rings. The summed E-state index contributed by atoms with van der Waals surface area (Å²) in [5.74, 6) is 1.07. The number of nitriles is 1. The lowest BCUT2D eigenvalue weighted by Crippen LogP contribution is -2.68. The Hall–Kier alpha value is -3.97. The van der Waals surface area contributed by atoms with Crippen molar-refractivity contribution in [2.45, 2.75) is 38.1 Å². The summed E-state index contributed by atoms with van der Waals surface area (Å²) in [5, 5.41) is 19.9. The predicted molar refractivity (Wildman–Crippen MR) is 171 cm³/mol. The number of aliphatic imine (C=N–C) groups is 1. The van der Waals surface area contributed by atoms with Gasteiger partial charge in [0.15, 0.2) is 0 Å². The normalized spacial score (nSPS) is 15.3. The highest BCUT2D eigenvalue weighted by Crippen LogP contribution is 2.36. The lowest BCUT2D eigenvalue weighted by Gasteiger charge is -2.48. The molecule has 4 rings (SSSR count). The molecule has 0 radical (unpaired) electrons. The van der Waals surface area contributed by atoms with Crippen LogP contribution < -0.4 is 21.1 Å². The molecule has 1 aromatic carbocycles. The molecule has 1 saturated heterocycles. The fraction of sp³-hybridized carbons (Fsp3) is 0.323. The number of nitrogen functional groups attached to an aromatic ring is 1. The summed E-state index contributed by atoms with van der Waals surface area (Å²) < 4.78 is 5.61. The van der Waals surface area contributed by atoms with Gasteiger partial charge in [-0.15, -0.1) is 0 Å². The van der Waals surface area contributed by atoms with Crippen molar-refractivity contribution < 1.29 is 4.74 Å². The van der Waals surface area contributed by atoms with E-state index in [9.17, 15) is 5.26 Å². The number of nitrogens with two attached hydrogens (primary N) is 2. The van der Waals surface area contributed by atoms with Gasteiger partial charge in [-0.3, -0.25) is 15.4 Å². The predicted octanol–water partition coefficient (Wildman–Crippen LogP) is 5.56. The zero-order valence-corrected chi connectivity index (χ0v) is 25.6. The molecule has 11 heteroatoms. The molecule has 218 valence electrons. The van der Waals surface area contributed by atoms with Crippen LogP contribution in [0.1, 0.15) is 54.0 Å². The van der Waals surface area contributed by atoms with Crippen LogP contribution in [-0.2, 0) is 6.42 Å². The standard InChI is InChI=1S/C31H34Cl2N8O/c1-5-6-22(38-3)11-31(37)16-41(17-31)30-20(12-34)8-21(13-40-30)29(36)23-9-19(27(42-4)10-26(23)35)7-18(2)28-24(32)14-39-15-25(28)33/h5-6,8-10,13-15,18,36H,7,11,16-17,35,37H2,1-4H3/b6-5-,36-29?,38-22?/t18-/m0/s1. The van der Waals surface area contributed by atoms with Crippen LogP contribution in [0.3, 0.4) is 0 Å². The Morgan fingerprint density at radius 2 is 1.95 bits per heavy atom. The first-order valence-electron chi connectivity index (χ1n) is 13.4. The first kappa shape index (κ1) is 31.0. The number of allylic oxidation sites excluding steroid dienone is 2. The van der Waals surface area contributed by atoms with Crippen molar-refractivity contribution in [1.29, 1.82) is 10.7 Å². The van der Waals surface area contributed by atoms with Crippen molar-refractivity contribution in [3.8, 4) is 11.8 Å². The van der Waals surface area contributed by atoms with E-state index in [0.717, 1.165) is 16.8 Å². The van der Waals surface area contributed by atoms with Crippen molar-refractivity contribution in [2.75, 3.05) is 37.9 Å². The van der Waals surface area contributed by atoms with E-state index in [1.54, 1.807) is 44.9 Å². The Kier molecular flexibility index (Phi) is 9.52. The smallest absolute Gasteiger partial charge is 0.146 e. The molecule has 42 heavy (non-hydrogen) atoms. The van der Waals surface area contributed by atoms with E-state index in [-0.39, 0.29) is 11.6 Å². The molecule has 1 atom stereocenters. The van der Waals surface area contributed by atoms with Gasteiger partial charge in [0.1, 0.15) is 17.6 Å². The van der Waals surface area contributed by atoms with Gasteiger partial charge in [0, 0.05) is 73.7 Å². The number of pyridine rings is 2. The van der Waals surface area contributed by atoms with Gasteiger partial charge in [-0.05, 0) is 48.6 Å². The molecule has 0 saturated carbocycles. The Morgan fingerprint density at radius 3 is 2.55 bits per heavy atom. The van der Waals surface area contributed by atoms with Crippen molar-refractivity contribution in [3.05, 3.63) is 86.8 Å². The zero-order valence-electron chi connectivity index (χ0n) is 24.1. The number of rotatable bonds is 10. The summed E-state index contributed by atoms with van der Waals surface area (Å²) in [6.45, 7) is 5.04. The maximum atomic E-state index is 9.95. The fourth-order valence-corrected chi connectivity index (χ4v) is 6.09. The highest BCUT2D eigenvalue weighted by molar-refractivity contribution is 6.35. The van der Waals surface area contributed by atoms with Crippen LogP contribution in [0.4, 0.5) is 11.5 Å². The molecule has 0 spiro atoms. The quantitative estimate of drug-likeness (QED) is 0.202. The van der Waals surface area contributed by atoms with E-state index in [2.05, 4.69) is 21.0 Å². The summed E-state index contributed by atoms with van der Waals surface area (Å²) in [6, 6.07) is 7.45. The molecule has 1 aliphatic heterocycles. The molecule has 0 bridgehead atoms. The van der Waals surface area contributed by atoms with Gasteiger partial charge in [0.25, 0.3) is 0 Å². The van der Waals surface area contributed by atoms with E-state index in [1.807, 2.05) is 37.0 Å². The summed E-state index contributed by atoms with van der Waals surface area (Å²) in [5.41, 5.74) is 16.9. The van der Waals surface area contributed by atoms with E-state index < -0.39 is 5.54 Å². The molecule has 0 unspecified atom stereocenters. The van der Waals surface area contributed by atoms with Crippen molar-refractivity contribution in [3.63, 3.8) is 0 Å². The van der Waals surface area contributed by atoms with Crippen LogP contribution in [0.15, 0.2) is 53.9 Å². The van der Waals surface area contributed by atoms with Gasteiger partial charge >= 0.3 is 0 Å². The third kappa shape index (κ3) is 6.41. The second-order valence-corrected chi connectivity index (χ2v) is 11.4. The van der Waals surface area contributed by atoms with E-state index in [0.29, 0.717) is 69.9 Å². The van der Waals surface area contributed by atoms with Crippen LogP contribution in [0, 0.1) is 16.7 Å². The first-order chi connectivity index (χ1) is 20.0. The molecule has 2 aromatic heterocycles. The Morgan fingerprint density at radius 1 is 1.26 bits per heavy atom. The van der Waals surface area contributed by atoms with E-state index in [4.69, 9.17) is 44.8 Å². The van der Waals surface area contributed by atoms with Crippen molar-refractivity contribution in [2.24, 2.45) is 10.7 Å². The molecule has 5 N–H and O–H groups in total. The summed E-state index contributed by atoms with van der Waals surface area (Å²) in [7, 11) is 3.33. The van der Waals surface area contributed by atoms with Crippen LogP contribution in [0.2, 0.25) is 10.0 Å². The van der Waals surface area contributed by atoms with Gasteiger partial charge in [-0.2, -0.15) is 5.26 Å². The monoisotopic (exact) mass is 604 g/mol. The minimum atomic E-state index is -0.454. The molecular formula is C31H34Cl2N8O. The highest BCUT2D eigenvalue weighted by atomic mass is 35.5. The molecule has 3 aromatic rings. The van der Waals surface area contributed by atoms with E-state index in [1.165, 1.54) is 0 Å². The summed E-state index contributed by atoms with van der Waals surface area (Å²) in [6.07, 6.45) is 9.79. The minimum Gasteiger partial charge on any atom is -0.496 e. The molecule has 3 heterocycles. The summed E-state index contributed by atoms with van der Waals surface area (Å²) >= 11 is 12.8. The van der Waals surface area contributed by atoms with Crippen LogP contribution >= 0.6 is 23.2 Å².